The predicted molar refractivity (Wildman–Crippen MR) is 80.1 cm³/mol. The van der Waals surface area contributed by atoms with Crippen molar-refractivity contribution in [2.24, 2.45) is 11.7 Å². The second-order valence-electron chi connectivity index (χ2n) is 5.84. The summed E-state index contributed by atoms with van der Waals surface area (Å²) in [5.74, 6) is -0.233. The van der Waals surface area contributed by atoms with Crippen LogP contribution in [-0.4, -0.2) is 24.5 Å². The molecule has 2 atom stereocenters. The first kappa shape index (κ1) is 15.3. The highest BCUT2D eigenvalue weighted by Crippen LogP contribution is 2.30. The second-order valence-corrected chi connectivity index (χ2v) is 6.24. The molecule has 110 valence electrons. The zero-order valence-electron chi connectivity index (χ0n) is 11.7. The van der Waals surface area contributed by atoms with Crippen LogP contribution in [0, 0.1) is 5.92 Å². The molecule has 5 N–H and O–H groups in total. The van der Waals surface area contributed by atoms with Crippen molar-refractivity contribution >= 4 is 17.5 Å². The Morgan fingerprint density at radius 2 is 2.20 bits per heavy atom. The van der Waals surface area contributed by atoms with E-state index in [1.54, 1.807) is 0 Å². The van der Waals surface area contributed by atoms with Crippen molar-refractivity contribution in [1.29, 1.82) is 0 Å². The lowest BCUT2D eigenvalue weighted by molar-refractivity contribution is -0.125. The molecule has 1 fully saturated rings. The monoisotopic (exact) mass is 296 g/mol. The van der Waals surface area contributed by atoms with E-state index in [0.29, 0.717) is 18.1 Å². The molecule has 1 saturated heterocycles. The Balaban J connectivity index is 2.08. The Labute approximate surface area is 124 Å². The average molecular weight is 297 g/mol. The first-order valence-corrected chi connectivity index (χ1v) is 7.06. The van der Waals surface area contributed by atoms with Crippen molar-refractivity contribution in [2.45, 2.75) is 25.4 Å². The minimum absolute atomic E-state index is 0.0223. The lowest BCUT2D eigenvalue weighted by Gasteiger charge is -2.23. The van der Waals surface area contributed by atoms with Gasteiger partial charge in [-0.2, -0.15) is 0 Å². The van der Waals surface area contributed by atoms with Crippen molar-refractivity contribution in [3.8, 4) is 0 Å². The summed E-state index contributed by atoms with van der Waals surface area (Å²) < 4.78 is 0. The van der Waals surface area contributed by atoms with Gasteiger partial charge in [0.25, 0.3) is 0 Å². The molecule has 0 radical (unpaired) electrons. The number of hydrogen-bond donors (Lipinski definition) is 4. The van der Waals surface area contributed by atoms with Crippen molar-refractivity contribution in [2.75, 3.05) is 13.1 Å². The topological polar surface area (TPSA) is 79.2 Å². The first-order valence-electron chi connectivity index (χ1n) is 6.68. The summed E-state index contributed by atoms with van der Waals surface area (Å²) in [4.78, 5) is 12.3. The van der Waals surface area contributed by atoms with E-state index in [1.807, 2.05) is 38.1 Å². The van der Waals surface area contributed by atoms with Gasteiger partial charge in [-0.3, -0.25) is 10.2 Å². The molecule has 0 bridgehead atoms. The zero-order valence-corrected chi connectivity index (χ0v) is 12.5. The summed E-state index contributed by atoms with van der Waals surface area (Å²) in [7, 11) is 0. The van der Waals surface area contributed by atoms with Gasteiger partial charge in [0.05, 0.1) is 12.0 Å². The van der Waals surface area contributed by atoms with Crippen LogP contribution < -0.4 is 21.9 Å². The van der Waals surface area contributed by atoms with Crippen LogP contribution >= 0.6 is 11.6 Å². The Kier molecular flexibility index (Phi) is 4.65. The summed E-state index contributed by atoms with van der Waals surface area (Å²) in [5, 5.41) is 3.55. The number of carbonyl (C=O) groups is 1. The molecule has 20 heavy (non-hydrogen) atoms. The van der Waals surface area contributed by atoms with Gasteiger partial charge >= 0.3 is 0 Å². The number of nitrogens with one attached hydrogen (secondary N) is 3. The molecule has 1 aromatic rings. The van der Waals surface area contributed by atoms with Gasteiger partial charge < -0.3 is 11.1 Å². The Bertz CT molecular complexity index is 486. The SMILES string of the molecule is CC(C)(N)CNC(=O)C1CNNC1c1ccccc1Cl. The van der Waals surface area contributed by atoms with Crippen LogP contribution in [0.3, 0.4) is 0 Å². The van der Waals surface area contributed by atoms with E-state index in [9.17, 15) is 4.79 Å². The van der Waals surface area contributed by atoms with Crippen molar-refractivity contribution in [3.05, 3.63) is 34.9 Å². The molecule has 0 spiro atoms. The van der Waals surface area contributed by atoms with Gasteiger partial charge in [0.15, 0.2) is 0 Å². The van der Waals surface area contributed by atoms with Gasteiger partial charge in [-0.05, 0) is 25.5 Å². The van der Waals surface area contributed by atoms with Gasteiger partial charge in [0.1, 0.15) is 0 Å². The normalized spacial score (nSPS) is 22.8. The number of benzene rings is 1. The lowest BCUT2D eigenvalue weighted by Crippen LogP contribution is -2.47. The van der Waals surface area contributed by atoms with Gasteiger partial charge in [-0.25, -0.2) is 5.43 Å². The summed E-state index contributed by atoms with van der Waals surface area (Å²) >= 11 is 6.20. The molecule has 1 heterocycles. The maximum absolute atomic E-state index is 12.3. The van der Waals surface area contributed by atoms with Crippen LogP contribution in [0.5, 0.6) is 0 Å². The van der Waals surface area contributed by atoms with Crippen LogP contribution in [0.15, 0.2) is 24.3 Å². The highest BCUT2D eigenvalue weighted by Gasteiger charge is 2.35. The van der Waals surface area contributed by atoms with Crippen LogP contribution in [0.4, 0.5) is 0 Å². The number of rotatable bonds is 4. The summed E-state index contributed by atoms with van der Waals surface area (Å²) in [6.07, 6.45) is 0. The standard InChI is InChI=1S/C14H21ClN4O/c1-14(2,16)8-17-13(20)10-7-18-19-12(10)9-5-3-4-6-11(9)15/h3-6,10,12,18-19H,7-8,16H2,1-2H3,(H,17,20). The van der Waals surface area contributed by atoms with Crippen molar-refractivity contribution in [3.63, 3.8) is 0 Å². The quantitative estimate of drug-likeness (QED) is 0.667. The molecule has 0 aromatic heterocycles. The minimum Gasteiger partial charge on any atom is -0.354 e. The van der Waals surface area contributed by atoms with E-state index in [2.05, 4.69) is 16.2 Å². The number of halogens is 1. The van der Waals surface area contributed by atoms with Crippen LogP contribution in [0.1, 0.15) is 25.5 Å². The highest BCUT2D eigenvalue weighted by molar-refractivity contribution is 6.31. The van der Waals surface area contributed by atoms with Crippen molar-refractivity contribution < 1.29 is 4.79 Å². The molecule has 1 aromatic carbocycles. The van der Waals surface area contributed by atoms with Crippen molar-refractivity contribution in [1.82, 2.24) is 16.2 Å². The molecular formula is C14H21ClN4O. The fourth-order valence-electron chi connectivity index (χ4n) is 2.21. The number of hydrogen-bond acceptors (Lipinski definition) is 4. The molecule has 2 rings (SSSR count). The van der Waals surface area contributed by atoms with E-state index in [4.69, 9.17) is 17.3 Å². The maximum atomic E-state index is 12.3. The molecule has 5 nitrogen and oxygen atoms in total. The zero-order chi connectivity index (χ0) is 14.8. The van der Waals surface area contributed by atoms with Gasteiger partial charge in [-0.1, -0.05) is 29.8 Å². The molecule has 1 aliphatic rings. The summed E-state index contributed by atoms with van der Waals surface area (Å²) in [5.41, 5.74) is 12.5. The number of amides is 1. The van der Waals surface area contributed by atoms with Gasteiger partial charge in [0, 0.05) is 23.7 Å². The number of nitrogens with two attached hydrogens (primary N) is 1. The highest BCUT2D eigenvalue weighted by atomic mass is 35.5. The molecule has 2 unspecified atom stereocenters. The Hall–Kier alpha value is -1.14. The maximum Gasteiger partial charge on any atom is 0.226 e. The molecule has 6 heteroatoms. The third-order valence-electron chi connectivity index (χ3n) is 3.28. The summed E-state index contributed by atoms with van der Waals surface area (Å²) in [6, 6.07) is 7.42. The van der Waals surface area contributed by atoms with Crippen LogP contribution in [0.25, 0.3) is 0 Å². The predicted octanol–water partition coefficient (Wildman–Crippen LogP) is 0.959. The van der Waals surface area contributed by atoms with E-state index < -0.39 is 5.54 Å². The summed E-state index contributed by atoms with van der Waals surface area (Å²) in [6.45, 7) is 4.76. The molecule has 1 aliphatic heterocycles. The smallest absolute Gasteiger partial charge is 0.226 e. The Morgan fingerprint density at radius 1 is 1.50 bits per heavy atom. The number of carbonyl (C=O) groups excluding carboxylic acids is 1. The lowest BCUT2D eigenvalue weighted by atomic mass is 9.94. The van der Waals surface area contributed by atoms with Gasteiger partial charge in [0.2, 0.25) is 5.91 Å². The van der Waals surface area contributed by atoms with E-state index >= 15 is 0 Å². The Morgan fingerprint density at radius 3 is 2.85 bits per heavy atom. The van der Waals surface area contributed by atoms with Crippen LogP contribution in [-0.2, 0) is 4.79 Å². The molecule has 1 amide bonds. The number of hydrazine groups is 1. The molecular weight excluding hydrogens is 276 g/mol. The van der Waals surface area contributed by atoms with Crippen LogP contribution in [0.2, 0.25) is 5.02 Å². The van der Waals surface area contributed by atoms with E-state index in [1.165, 1.54) is 0 Å². The van der Waals surface area contributed by atoms with E-state index in [0.717, 1.165) is 5.56 Å². The average Bonchev–Trinajstić information content (AvgIpc) is 2.84. The third kappa shape index (κ3) is 3.70. The second kappa shape index (κ2) is 6.10. The van der Waals surface area contributed by atoms with Gasteiger partial charge in [-0.15, -0.1) is 0 Å². The van der Waals surface area contributed by atoms with E-state index in [-0.39, 0.29) is 17.9 Å². The fraction of sp³-hybridized carbons (Fsp3) is 0.500. The minimum atomic E-state index is -0.422. The molecule has 0 saturated carbocycles. The largest absolute Gasteiger partial charge is 0.354 e. The first-order chi connectivity index (χ1) is 9.38. The third-order valence-corrected chi connectivity index (χ3v) is 3.62. The molecule has 0 aliphatic carbocycles. The fourth-order valence-corrected chi connectivity index (χ4v) is 2.46.